The van der Waals surface area contributed by atoms with E-state index in [9.17, 15) is 4.79 Å². The molecule has 0 spiro atoms. The van der Waals surface area contributed by atoms with Crippen LogP contribution in [0.25, 0.3) is 11.3 Å². The highest BCUT2D eigenvalue weighted by Crippen LogP contribution is 2.14. The van der Waals surface area contributed by atoms with Crippen molar-refractivity contribution in [2.24, 2.45) is 0 Å². The summed E-state index contributed by atoms with van der Waals surface area (Å²) in [6.45, 7) is 0. The van der Waals surface area contributed by atoms with Gasteiger partial charge in [0.05, 0.1) is 17.6 Å². The van der Waals surface area contributed by atoms with Crippen molar-refractivity contribution in [2.45, 2.75) is 5.75 Å². The van der Waals surface area contributed by atoms with E-state index >= 15 is 0 Å². The number of H-pyrrole nitrogens is 1. The summed E-state index contributed by atoms with van der Waals surface area (Å²) in [7, 11) is 0. The second kappa shape index (κ2) is 3.22. The highest BCUT2D eigenvalue weighted by Gasteiger charge is 2.06. The van der Waals surface area contributed by atoms with Gasteiger partial charge in [0.1, 0.15) is 0 Å². The summed E-state index contributed by atoms with van der Waals surface area (Å²) in [6.07, 6.45) is 3.11. The Bertz CT molecular complexity index is 452. The number of aromatic amines is 1. The molecule has 0 aromatic rings. The van der Waals surface area contributed by atoms with Crippen LogP contribution in [-0.2, 0) is 5.75 Å². The van der Waals surface area contributed by atoms with Crippen LogP contribution in [0, 0.1) is 0 Å². The smallest absolute Gasteiger partial charge is 0.189 e. The Kier molecular flexibility index (Phi) is 2.06. The minimum absolute atomic E-state index is 0.0262. The van der Waals surface area contributed by atoms with Gasteiger partial charge in [-0.1, -0.05) is 12.6 Å². The van der Waals surface area contributed by atoms with Gasteiger partial charge < -0.3 is 4.98 Å². The number of fused-ring (bicyclic) bond motifs is 1. The van der Waals surface area contributed by atoms with Gasteiger partial charge in [-0.3, -0.25) is 4.79 Å². The lowest BCUT2D eigenvalue weighted by molar-refractivity contribution is 1.15. The van der Waals surface area contributed by atoms with Crippen LogP contribution >= 0.6 is 12.6 Å². The lowest BCUT2D eigenvalue weighted by atomic mass is 10.1. The number of hydrogen-bond donors (Lipinski definition) is 1. The van der Waals surface area contributed by atoms with Gasteiger partial charge in [-0.25, -0.2) is 4.98 Å². The first-order chi connectivity index (χ1) is 6.31. The van der Waals surface area contributed by atoms with Gasteiger partial charge in [0, 0.05) is 11.9 Å². The normalized spacial score (nSPS) is 10.5. The molecule has 0 atom stereocenters. The maximum atomic E-state index is 11.5. The maximum absolute atomic E-state index is 11.5. The third-order valence-electron chi connectivity index (χ3n) is 1.87. The molecule has 0 saturated heterocycles. The van der Waals surface area contributed by atoms with E-state index in [0.717, 1.165) is 11.3 Å². The van der Waals surface area contributed by atoms with E-state index in [-0.39, 0.29) is 5.43 Å². The molecule has 1 aliphatic heterocycles. The first-order valence-corrected chi connectivity index (χ1v) is 4.42. The second-order valence-electron chi connectivity index (χ2n) is 2.75. The van der Waals surface area contributed by atoms with E-state index in [4.69, 9.17) is 12.6 Å². The van der Waals surface area contributed by atoms with Crippen molar-refractivity contribution in [3.8, 4) is 11.3 Å². The molecule has 0 aromatic carbocycles. The van der Waals surface area contributed by atoms with Crippen molar-refractivity contribution in [1.29, 1.82) is 0 Å². The Hall–Kier alpha value is -1.29. The van der Waals surface area contributed by atoms with E-state index < -0.39 is 0 Å². The van der Waals surface area contributed by atoms with E-state index in [1.165, 1.54) is 0 Å². The number of nitrogens with zero attached hydrogens (tertiary/aromatic N) is 1. The third-order valence-corrected chi connectivity index (χ3v) is 2.20. The fourth-order valence-corrected chi connectivity index (χ4v) is 1.40. The fraction of sp³-hybridized carbons (Fsp3) is 0.111. The average Bonchev–Trinajstić information content (AvgIpc) is 2.18. The van der Waals surface area contributed by atoms with Crippen molar-refractivity contribution < 1.29 is 0 Å². The number of nitrogens with one attached hydrogen (secondary N) is 1. The number of hydrogen-bond acceptors (Lipinski definition) is 2. The van der Waals surface area contributed by atoms with Crippen LogP contribution in [0.5, 0.6) is 0 Å². The largest absolute Gasteiger partial charge is 0.346 e. The van der Waals surface area contributed by atoms with E-state index in [1.807, 2.05) is 6.07 Å². The van der Waals surface area contributed by atoms with Crippen molar-refractivity contribution >= 4 is 12.6 Å². The predicted molar refractivity (Wildman–Crippen MR) is 52.8 cm³/mol. The number of benzene rings is 1. The second-order valence-corrected chi connectivity index (χ2v) is 3.04. The number of rotatable bonds is 1. The molecule has 1 heterocycles. The zero-order valence-corrected chi connectivity index (χ0v) is 7.60. The maximum Gasteiger partial charge on any atom is 0.189 e. The summed E-state index contributed by atoms with van der Waals surface area (Å²) >= 11 is 4.87. The summed E-state index contributed by atoms with van der Waals surface area (Å²) in [5.74, 6) is 0.460. The highest BCUT2D eigenvalue weighted by atomic mass is 32.1. The van der Waals surface area contributed by atoms with Crippen molar-refractivity contribution in [1.82, 2.24) is 9.97 Å². The molecule has 13 heavy (non-hydrogen) atoms. The first kappa shape index (κ1) is 8.31. The molecule has 0 saturated carbocycles. The molecule has 4 heteroatoms. The summed E-state index contributed by atoms with van der Waals surface area (Å²) in [4.78, 5) is 18.2. The van der Waals surface area contributed by atoms with Crippen molar-refractivity contribution in [3.05, 3.63) is 40.4 Å². The minimum Gasteiger partial charge on any atom is -0.346 e. The van der Waals surface area contributed by atoms with E-state index in [0.29, 0.717) is 11.3 Å². The standard InChI is InChI=1S/C9H7N2OS/c12-9-2-6(4-13)1-8-7(9)3-10-5-11-8/h1-3,5H,4H2,(H,10,11). The Labute approximate surface area is 80.6 Å². The van der Waals surface area contributed by atoms with Crippen LogP contribution in [0.1, 0.15) is 5.56 Å². The lowest BCUT2D eigenvalue weighted by Gasteiger charge is -2.03. The topological polar surface area (TPSA) is 45.8 Å². The zero-order chi connectivity index (χ0) is 9.26. The van der Waals surface area contributed by atoms with Gasteiger partial charge in [-0.05, 0) is 17.7 Å². The summed E-state index contributed by atoms with van der Waals surface area (Å²) in [5, 5.41) is 0. The monoisotopic (exact) mass is 191 g/mol. The average molecular weight is 191 g/mol. The summed E-state index contributed by atoms with van der Waals surface area (Å²) < 4.78 is 0. The molecule has 1 N–H and O–H groups in total. The van der Waals surface area contributed by atoms with Crippen LogP contribution in [0.2, 0.25) is 0 Å². The van der Waals surface area contributed by atoms with E-state index in [1.54, 1.807) is 18.6 Å². The van der Waals surface area contributed by atoms with Crippen LogP contribution in [-0.4, -0.2) is 9.97 Å². The molecule has 0 bridgehead atoms. The van der Waals surface area contributed by atoms with Crippen LogP contribution in [0.15, 0.2) is 29.5 Å². The third kappa shape index (κ3) is 1.45. The number of aromatic nitrogens is 2. The SMILES string of the molecule is O=c1cc(C[S])cc2[nH]cncc1-2. The quantitative estimate of drug-likeness (QED) is 0.743. The summed E-state index contributed by atoms with van der Waals surface area (Å²) in [5.41, 5.74) is 2.24. The molecular weight excluding hydrogens is 184 g/mol. The highest BCUT2D eigenvalue weighted by molar-refractivity contribution is 7.79. The zero-order valence-electron chi connectivity index (χ0n) is 6.78. The molecule has 1 aliphatic carbocycles. The van der Waals surface area contributed by atoms with Gasteiger partial charge in [-0.15, -0.1) is 0 Å². The fourth-order valence-electron chi connectivity index (χ4n) is 1.24. The Balaban J connectivity index is 2.77. The van der Waals surface area contributed by atoms with Crippen molar-refractivity contribution in [2.75, 3.05) is 0 Å². The molecule has 3 nitrogen and oxygen atoms in total. The van der Waals surface area contributed by atoms with Crippen LogP contribution in [0.4, 0.5) is 0 Å². The summed E-state index contributed by atoms with van der Waals surface area (Å²) in [6, 6.07) is 3.44. The van der Waals surface area contributed by atoms with Gasteiger partial charge in [0.25, 0.3) is 0 Å². The van der Waals surface area contributed by atoms with Gasteiger partial charge in [-0.2, -0.15) is 0 Å². The van der Waals surface area contributed by atoms with Crippen LogP contribution < -0.4 is 5.43 Å². The molecule has 2 rings (SSSR count). The predicted octanol–water partition coefficient (Wildman–Crippen LogP) is 1.57. The lowest BCUT2D eigenvalue weighted by Crippen LogP contribution is -2.07. The van der Waals surface area contributed by atoms with Crippen LogP contribution in [0.3, 0.4) is 0 Å². The Morgan fingerprint density at radius 2 is 2.31 bits per heavy atom. The molecule has 1 radical (unpaired) electrons. The van der Waals surface area contributed by atoms with Gasteiger partial charge in [0.2, 0.25) is 0 Å². The Morgan fingerprint density at radius 1 is 1.46 bits per heavy atom. The van der Waals surface area contributed by atoms with Gasteiger partial charge in [0.15, 0.2) is 5.43 Å². The minimum atomic E-state index is -0.0262. The molecule has 65 valence electrons. The molecule has 0 unspecified atom stereocenters. The molecule has 0 fully saturated rings. The molecule has 0 aromatic heterocycles. The molecule has 0 amide bonds. The van der Waals surface area contributed by atoms with E-state index in [2.05, 4.69) is 9.97 Å². The van der Waals surface area contributed by atoms with Crippen molar-refractivity contribution in [3.63, 3.8) is 0 Å². The Morgan fingerprint density at radius 3 is 3.08 bits per heavy atom. The molecular formula is C9H7N2OS. The van der Waals surface area contributed by atoms with Gasteiger partial charge >= 0.3 is 0 Å². The molecule has 2 aliphatic rings. The first-order valence-electron chi connectivity index (χ1n) is 3.84.